The molecular formula is C14H21FN2. The maximum atomic E-state index is 13.3. The molecule has 0 amide bonds. The van der Waals surface area contributed by atoms with Crippen LogP contribution in [0.3, 0.4) is 0 Å². The van der Waals surface area contributed by atoms with Gasteiger partial charge < -0.3 is 10.2 Å². The first-order valence-corrected chi connectivity index (χ1v) is 6.29. The number of hydrogen-bond acceptors (Lipinski definition) is 2. The van der Waals surface area contributed by atoms with Crippen molar-refractivity contribution >= 4 is 0 Å². The van der Waals surface area contributed by atoms with E-state index >= 15 is 0 Å². The molecular weight excluding hydrogens is 215 g/mol. The topological polar surface area (TPSA) is 15.3 Å². The highest BCUT2D eigenvalue weighted by atomic mass is 19.1. The first-order valence-electron chi connectivity index (χ1n) is 6.29. The fraction of sp³-hybridized carbons (Fsp3) is 0.571. The van der Waals surface area contributed by atoms with Crippen LogP contribution in [0, 0.1) is 11.7 Å². The summed E-state index contributed by atoms with van der Waals surface area (Å²) in [6.45, 7) is 3.19. The number of hydrogen-bond donors (Lipinski definition) is 1. The quantitative estimate of drug-likeness (QED) is 0.861. The lowest BCUT2D eigenvalue weighted by atomic mass is 9.85. The molecule has 0 radical (unpaired) electrons. The van der Waals surface area contributed by atoms with Gasteiger partial charge in [0, 0.05) is 19.0 Å². The molecule has 0 bridgehead atoms. The highest BCUT2D eigenvalue weighted by molar-refractivity contribution is 5.22. The summed E-state index contributed by atoms with van der Waals surface area (Å²) in [4.78, 5) is 2.35. The van der Waals surface area contributed by atoms with Gasteiger partial charge in [-0.3, -0.25) is 0 Å². The van der Waals surface area contributed by atoms with E-state index in [0.717, 1.165) is 25.2 Å². The Hall–Kier alpha value is -0.930. The Balaban J connectivity index is 2.16. The second-order valence-corrected chi connectivity index (χ2v) is 5.03. The first kappa shape index (κ1) is 12.5. The van der Waals surface area contributed by atoms with Gasteiger partial charge in [-0.2, -0.15) is 0 Å². The number of halogens is 1. The average molecular weight is 236 g/mol. The van der Waals surface area contributed by atoms with E-state index in [1.807, 2.05) is 19.2 Å². The van der Waals surface area contributed by atoms with Crippen molar-refractivity contribution in [2.45, 2.75) is 12.3 Å². The van der Waals surface area contributed by atoms with Gasteiger partial charge in [0.25, 0.3) is 0 Å². The summed E-state index contributed by atoms with van der Waals surface area (Å²) in [6, 6.07) is 7.05. The fourth-order valence-electron chi connectivity index (χ4n) is 2.81. The molecule has 94 valence electrons. The molecule has 0 saturated carbocycles. The molecule has 3 heteroatoms. The molecule has 1 fully saturated rings. The molecule has 0 aromatic heterocycles. The van der Waals surface area contributed by atoms with E-state index in [1.54, 1.807) is 6.07 Å². The second-order valence-electron chi connectivity index (χ2n) is 5.03. The van der Waals surface area contributed by atoms with Gasteiger partial charge in [-0.05, 0) is 50.7 Å². The molecule has 0 aliphatic carbocycles. The van der Waals surface area contributed by atoms with E-state index in [9.17, 15) is 4.39 Å². The number of nitrogens with zero attached hydrogens (tertiary/aromatic N) is 1. The third kappa shape index (κ3) is 3.05. The van der Waals surface area contributed by atoms with Gasteiger partial charge in [-0.15, -0.1) is 0 Å². The minimum atomic E-state index is -0.130. The Bertz CT molecular complexity index is 367. The smallest absolute Gasteiger partial charge is 0.123 e. The molecule has 1 aromatic carbocycles. The molecule has 2 atom stereocenters. The summed E-state index contributed by atoms with van der Waals surface area (Å²) in [5.74, 6) is 0.921. The van der Waals surface area contributed by atoms with Gasteiger partial charge in [-0.25, -0.2) is 4.39 Å². The van der Waals surface area contributed by atoms with Crippen molar-refractivity contribution in [1.82, 2.24) is 10.2 Å². The van der Waals surface area contributed by atoms with Crippen molar-refractivity contribution in [2.75, 3.05) is 33.7 Å². The molecule has 0 spiro atoms. The maximum absolute atomic E-state index is 13.3. The zero-order chi connectivity index (χ0) is 12.3. The van der Waals surface area contributed by atoms with Crippen LogP contribution in [0.5, 0.6) is 0 Å². The van der Waals surface area contributed by atoms with Gasteiger partial charge >= 0.3 is 0 Å². The highest BCUT2D eigenvalue weighted by Crippen LogP contribution is 2.31. The number of nitrogens with one attached hydrogen (secondary N) is 1. The Labute approximate surface area is 103 Å². The van der Waals surface area contributed by atoms with Gasteiger partial charge in [0.1, 0.15) is 5.82 Å². The fourth-order valence-corrected chi connectivity index (χ4v) is 2.81. The van der Waals surface area contributed by atoms with E-state index in [-0.39, 0.29) is 5.82 Å². The SMILES string of the molecule is CNCC(c1cccc(F)c1)C1CCN(C)C1. The van der Waals surface area contributed by atoms with Crippen molar-refractivity contribution in [3.8, 4) is 0 Å². The molecule has 1 aliphatic heterocycles. The Morgan fingerprint density at radius 2 is 2.35 bits per heavy atom. The third-order valence-electron chi connectivity index (χ3n) is 3.70. The van der Waals surface area contributed by atoms with Crippen LogP contribution in [0.25, 0.3) is 0 Å². The van der Waals surface area contributed by atoms with Crippen LogP contribution in [0.4, 0.5) is 4.39 Å². The molecule has 17 heavy (non-hydrogen) atoms. The largest absolute Gasteiger partial charge is 0.319 e. The summed E-state index contributed by atoms with van der Waals surface area (Å²) >= 11 is 0. The summed E-state index contributed by atoms with van der Waals surface area (Å²) in [7, 11) is 4.12. The van der Waals surface area contributed by atoms with Crippen molar-refractivity contribution in [1.29, 1.82) is 0 Å². The highest BCUT2D eigenvalue weighted by Gasteiger charge is 2.28. The van der Waals surface area contributed by atoms with E-state index in [4.69, 9.17) is 0 Å². The van der Waals surface area contributed by atoms with Crippen molar-refractivity contribution in [2.24, 2.45) is 5.92 Å². The van der Waals surface area contributed by atoms with Crippen LogP contribution < -0.4 is 5.32 Å². The second kappa shape index (κ2) is 5.61. The molecule has 2 rings (SSSR count). The van der Waals surface area contributed by atoms with Gasteiger partial charge in [0.2, 0.25) is 0 Å². The van der Waals surface area contributed by atoms with Crippen LogP contribution >= 0.6 is 0 Å². The monoisotopic (exact) mass is 236 g/mol. The van der Waals surface area contributed by atoms with Gasteiger partial charge in [-0.1, -0.05) is 12.1 Å². The molecule has 2 nitrogen and oxygen atoms in total. The first-order chi connectivity index (χ1) is 8.20. The van der Waals surface area contributed by atoms with Crippen molar-refractivity contribution in [3.63, 3.8) is 0 Å². The van der Waals surface area contributed by atoms with Crippen LogP contribution in [0.1, 0.15) is 17.9 Å². The van der Waals surface area contributed by atoms with E-state index < -0.39 is 0 Å². The normalized spacial score (nSPS) is 22.9. The standard InChI is InChI=1S/C14H21FN2/c1-16-9-14(12-6-7-17(2)10-12)11-4-3-5-13(15)8-11/h3-5,8,12,14,16H,6-7,9-10H2,1-2H3. The van der Waals surface area contributed by atoms with Gasteiger partial charge in [0.15, 0.2) is 0 Å². The molecule has 1 N–H and O–H groups in total. The summed E-state index contributed by atoms with van der Waals surface area (Å²) in [6.07, 6.45) is 1.21. The van der Waals surface area contributed by atoms with Crippen molar-refractivity contribution in [3.05, 3.63) is 35.6 Å². The predicted molar refractivity (Wildman–Crippen MR) is 68.7 cm³/mol. The molecule has 1 saturated heterocycles. The van der Waals surface area contributed by atoms with Crippen LogP contribution in [0.2, 0.25) is 0 Å². The zero-order valence-electron chi connectivity index (χ0n) is 10.6. The van der Waals surface area contributed by atoms with E-state index in [2.05, 4.69) is 17.3 Å². The minimum Gasteiger partial charge on any atom is -0.319 e. The lowest BCUT2D eigenvalue weighted by Crippen LogP contribution is -2.26. The van der Waals surface area contributed by atoms with E-state index in [0.29, 0.717) is 11.8 Å². The summed E-state index contributed by atoms with van der Waals surface area (Å²) < 4.78 is 13.3. The minimum absolute atomic E-state index is 0.130. The zero-order valence-corrected chi connectivity index (χ0v) is 10.6. The van der Waals surface area contributed by atoms with Crippen LogP contribution in [0.15, 0.2) is 24.3 Å². The maximum Gasteiger partial charge on any atom is 0.123 e. The lowest BCUT2D eigenvalue weighted by Gasteiger charge is -2.24. The molecule has 1 aliphatic rings. The number of rotatable bonds is 4. The van der Waals surface area contributed by atoms with Crippen molar-refractivity contribution < 1.29 is 4.39 Å². The Morgan fingerprint density at radius 3 is 2.94 bits per heavy atom. The van der Waals surface area contributed by atoms with Crippen LogP contribution in [-0.4, -0.2) is 38.6 Å². The van der Waals surface area contributed by atoms with Gasteiger partial charge in [0.05, 0.1) is 0 Å². The third-order valence-corrected chi connectivity index (χ3v) is 3.70. The molecule has 1 heterocycles. The Kier molecular flexibility index (Phi) is 4.13. The summed E-state index contributed by atoms with van der Waals surface area (Å²) in [5.41, 5.74) is 1.12. The number of likely N-dealkylation sites (tertiary alicyclic amines) is 1. The number of benzene rings is 1. The Morgan fingerprint density at radius 1 is 1.53 bits per heavy atom. The molecule has 1 aromatic rings. The van der Waals surface area contributed by atoms with E-state index in [1.165, 1.54) is 12.5 Å². The van der Waals surface area contributed by atoms with Crippen LogP contribution in [-0.2, 0) is 0 Å². The summed E-state index contributed by atoms with van der Waals surface area (Å²) in [5, 5.41) is 3.24. The average Bonchev–Trinajstić information content (AvgIpc) is 2.72. The number of likely N-dealkylation sites (N-methyl/N-ethyl adjacent to an activating group) is 1. The predicted octanol–water partition coefficient (Wildman–Crippen LogP) is 2.08. The molecule has 2 unspecified atom stereocenters. The lowest BCUT2D eigenvalue weighted by molar-refractivity contribution is 0.365.